The van der Waals surface area contributed by atoms with E-state index in [4.69, 9.17) is 5.73 Å². The number of halogens is 1. The van der Waals surface area contributed by atoms with Crippen molar-refractivity contribution in [2.75, 3.05) is 6.54 Å². The lowest BCUT2D eigenvalue weighted by Gasteiger charge is -2.22. The van der Waals surface area contributed by atoms with Crippen molar-refractivity contribution in [3.8, 4) is 0 Å². The third-order valence-electron chi connectivity index (χ3n) is 2.16. The molecule has 0 aliphatic heterocycles. The molecule has 0 fully saturated rings. The Kier molecular flexibility index (Phi) is 8.19. The predicted molar refractivity (Wildman–Crippen MR) is 71.0 cm³/mol. The zero-order valence-electron chi connectivity index (χ0n) is 11.2. The summed E-state index contributed by atoms with van der Waals surface area (Å²) in [5.74, 6) is -0.355. The highest BCUT2D eigenvalue weighted by Crippen LogP contribution is 2.12. The maximum absolute atomic E-state index is 11.6. The molecule has 4 N–H and O–H groups in total. The van der Waals surface area contributed by atoms with Crippen molar-refractivity contribution in [2.45, 2.75) is 46.7 Å². The van der Waals surface area contributed by atoms with Crippen LogP contribution in [0.5, 0.6) is 0 Å². The van der Waals surface area contributed by atoms with Gasteiger partial charge in [0.1, 0.15) is 6.04 Å². The second-order valence-corrected chi connectivity index (χ2v) is 5.09. The monoisotopic (exact) mass is 265 g/mol. The number of carbonyl (C=O) groups excluding carboxylic acids is 2. The van der Waals surface area contributed by atoms with Crippen molar-refractivity contribution >= 4 is 24.2 Å². The van der Waals surface area contributed by atoms with Crippen LogP contribution in [0, 0.1) is 5.41 Å². The van der Waals surface area contributed by atoms with Gasteiger partial charge in [-0.15, -0.1) is 12.4 Å². The molecule has 0 rings (SSSR count). The van der Waals surface area contributed by atoms with Crippen molar-refractivity contribution in [1.82, 2.24) is 10.6 Å². The summed E-state index contributed by atoms with van der Waals surface area (Å²) in [6, 6.07) is -0.623. The molecule has 0 aromatic heterocycles. The van der Waals surface area contributed by atoms with Crippen LogP contribution in [0.15, 0.2) is 0 Å². The van der Waals surface area contributed by atoms with Gasteiger partial charge >= 0.3 is 0 Å². The van der Waals surface area contributed by atoms with Gasteiger partial charge in [0, 0.05) is 18.0 Å². The van der Waals surface area contributed by atoms with Crippen LogP contribution in [0.1, 0.15) is 34.6 Å². The Morgan fingerprint density at radius 2 is 1.65 bits per heavy atom. The second kappa shape index (κ2) is 7.50. The molecule has 0 aliphatic carbocycles. The van der Waals surface area contributed by atoms with E-state index in [0.717, 1.165) is 0 Å². The molecule has 1 unspecified atom stereocenters. The SMILES string of the molecule is CC(NC(=O)C(C)(C)C)C(=O)N[C@@H](C)CN.Cl. The van der Waals surface area contributed by atoms with Gasteiger partial charge in [0.15, 0.2) is 0 Å². The van der Waals surface area contributed by atoms with E-state index in [1.165, 1.54) is 0 Å². The molecule has 0 aromatic carbocycles. The number of hydrogen-bond donors (Lipinski definition) is 3. The van der Waals surface area contributed by atoms with Gasteiger partial charge in [-0.1, -0.05) is 20.8 Å². The highest BCUT2D eigenvalue weighted by atomic mass is 35.5. The third kappa shape index (κ3) is 7.18. The molecule has 0 aromatic rings. The fourth-order valence-electron chi connectivity index (χ4n) is 0.905. The molecule has 0 heterocycles. The smallest absolute Gasteiger partial charge is 0.242 e. The maximum atomic E-state index is 11.6. The largest absolute Gasteiger partial charge is 0.351 e. The van der Waals surface area contributed by atoms with E-state index >= 15 is 0 Å². The normalized spacial score (nSPS) is 14.2. The molecule has 5 nitrogen and oxygen atoms in total. The van der Waals surface area contributed by atoms with Gasteiger partial charge in [-0.3, -0.25) is 9.59 Å². The molecular weight excluding hydrogens is 242 g/mol. The number of nitrogens with two attached hydrogens (primary N) is 1. The van der Waals surface area contributed by atoms with Crippen LogP contribution in [-0.4, -0.2) is 30.4 Å². The topological polar surface area (TPSA) is 84.2 Å². The molecule has 0 radical (unpaired) electrons. The average molecular weight is 266 g/mol. The van der Waals surface area contributed by atoms with E-state index in [9.17, 15) is 9.59 Å². The molecule has 0 saturated heterocycles. The summed E-state index contributed by atoms with van der Waals surface area (Å²) in [4.78, 5) is 23.2. The zero-order valence-corrected chi connectivity index (χ0v) is 12.0. The van der Waals surface area contributed by atoms with Crippen LogP contribution in [-0.2, 0) is 9.59 Å². The van der Waals surface area contributed by atoms with Gasteiger partial charge in [0.05, 0.1) is 0 Å². The van der Waals surface area contributed by atoms with Gasteiger partial charge in [-0.25, -0.2) is 0 Å². The summed E-state index contributed by atoms with van der Waals surface area (Å²) in [7, 11) is 0. The third-order valence-corrected chi connectivity index (χ3v) is 2.16. The van der Waals surface area contributed by atoms with Gasteiger partial charge in [-0.2, -0.15) is 0 Å². The fourth-order valence-corrected chi connectivity index (χ4v) is 0.905. The van der Waals surface area contributed by atoms with Gasteiger partial charge in [0.25, 0.3) is 0 Å². The first-order valence-corrected chi connectivity index (χ1v) is 5.50. The standard InChI is InChI=1S/C11H23N3O2.ClH/c1-7(6-12)13-9(15)8(2)14-10(16)11(3,4)5;/h7-8H,6,12H2,1-5H3,(H,13,15)(H,14,16);1H/t7-,8?;/m0./s1. The first kappa shape index (κ1) is 18.6. The van der Waals surface area contributed by atoms with E-state index < -0.39 is 11.5 Å². The van der Waals surface area contributed by atoms with Crippen molar-refractivity contribution in [3.05, 3.63) is 0 Å². The van der Waals surface area contributed by atoms with Crippen LogP contribution >= 0.6 is 12.4 Å². The molecule has 102 valence electrons. The van der Waals surface area contributed by atoms with Crippen molar-refractivity contribution in [3.63, 3.8) is 0 Å². The molecule has 17 heavy (non-hydrogen) atoms. The molecule has 6 heteroatoms. The summed E-state index contributed by atoms with van der Waals surface area (Å²) in [5, 5.41) is 5.36. The number of carbonyl (C=O) groups is 2. The minimum atomic E-state index is -0.541. The lowest BCUT2D eigenvalue weighted by Crippen LogP contribution is -2.51. The minimum absolute atomic E-state index is 0. The molecule has 2 amide bonds. The van der Waals surface area contributed by atoms with Crippen LogP contribution in [0.2, 0.25) is 0 Å². The molecule has 2 atom stereocenters. The van der Waals surface area contributed by atoms with Crippen molar-refractivity contribution < 1.29 is 9.59 Å². The average Bonchev–Trinajstić information content (AvgIpc) is 2.15. The summed E-state index contributed by atoms with van der Waals surface area (Å²) >= 11 is 0. The Morgan fingerprint density at radius 1 is 1.18 bits per heavy atom. The first-order chi connectivity index (χ1) is 7.18. The first-order valence-electron chi connectivity index (χ1n) is 5.50. The number of rotatable bonds is 4. The van der Waals surface area contributed by atoms with E-state index in [1.54, 1.807) is 27.7 Å². The summed E-state index contributed by atoms with van der Waals surface area (Å²) in [5.41, 5.74) is 4.90. The van der Waals surface area contributed by atoms with Crippen LogP contribution in [0.4, 0.5) is 0 Å². The Hall–Kier alpha value is -0.810. The van der Waals surface area contributed by atoms with Crippen molar-refractivity contribution in [1.29, 1.82) is 0 Å². The number of hydrogen-bond acceptors (Lipinski definition) is 3. The highest BCUT2D eigenvalue weighted by Gasteiger charge is 2.25. The van der Waals surface area contributed by atoms with Gasteiger partial charge < -0.3 is 16.4 Å². The lowest BCUT2D eigenvalue weighted by atomic mass is 9.95. The second-order valence-electron chi connectivity index (χ2n) is 5.09. The Balaban J connectivity index is 0. The fraction of sp³-hybridized carbons (Fsp3) is 0.818. The molecule has 0 bridgehead atoms. The van der Waals surface area contributed by atoms with Crippen LogP contribution < -0.4 is 16.4 Å². The summed E-state index contributed by atoms with van der Waals surface area (Å²) < 4.78 is 0. The van der Waals surface area contributed by atoms with E-state index in [1.807, 2.05) is 6.92 Å². The Labute approximate surface area is 109 Å². The van der Waals surface area contributed by atoms with Gasteiger partial charge in [0.2, 0.25) is 11.8 Å². The van der Waals surface area contributed by atoms with E-state index in [-0.39, 0.29) is 30.3 Å². The molecule has 0 aliphatic rings. The quantitative estimate of drug-likeness (QED) is 0.689. The van der Waals surface area contributed by atoms with Crippen molar-refractivity contribution in [2.24, 2.45) is 11.1 Å². The molecule has 0 saturated carbocycles. The zero-order chi connectivity index (χ0) is 12.9. The van der Waals surface area contributed by atoms with Crippen LogP contribution in [0.3, 0.4) is 0 Å². The minimum Gasteiger partial charge on any atom is -0.351 e. The molecular formula is C11H24ClN3O2. The Morgan fingerprint density at radius 3 is 2.00 bits per heavy atom. The summed E-state index contributed by atoms with van der Waals surface area (Å²) in [6.07, 6.45) is 0. The number of amides is 2. The highest BCUT2D eigenvalue weighted by molar-refractivity contribution is 5.89. The van der Waals surface area contributed by atoms with Gasteiger partial charge in [-0.05, 0) is 13.8 Å². The lowest BCUT2D eigenvalue weighted by molar-refractivity contribution is -0.133. The summed E-state index contributed by atoms with van der Waals surface area (Å²) in [6.45, 7) is 9.25. The molecule has 0 spiro atoms. The van der Waals surface area contributed by atoms with E-state index in [2.05, 4.69) is 10.6 Å². The maximum Gasteiger partial charge on any atom is 0.242 e. The Bertz CT molecular complexity index is 264. The van der Waals surface area contributed by atoms with Crippen LogP contribution in [0.25, 0.3) is 0 Å². The van der Waals surface area contributed by atoms with E-state index in [0.29, 0.717) is 6.54 Å². The predicted octanol–water partition coefficient (Wildman–Crippen LogP) is 0.422. The number of nitrogens with one attached hydrogen (secondary N) is 2.